The van der Waals surface area contributed by atoms with Crippen LogP contribution in [0.25, 0.3) is 0 Å². The fraction of sp³-hybridized carbons (Fsp3) is 0.286. The van der Waals surface area contributed by atoms with Crippen molar-refractivity contribution in [2.45, 2.75) is 9.79 Å². The van der Waals surface area contributed by atoms with E-state index in [9.17, 15) is 4.39 Å². The first-order chi connectivity index (χ1) is 9.83. The maximum Gasteiger partial charge on any atom is 0.225 e. The summed E-state index contributed by atoms with van der Waals surface area (Å²) in [5.41, 5.74) is 0. The van der Waals surface area contributed by atoms with Crippen LogP contribution in [-0.2, 0) is 0 Å². The van der Waals surface area contributed by atoms with Crippen molar-refractivity contribution in [3.63, 3.8) is 0 Å². The van der Waals surface area contributed by atoms with Gasteiger partial charge in [-0.15, -0.1) is 0 Å². The number of piperazine rings is 1. The number of nitrogens with zero attached hydrogens (tertiary/aromatic N) is 3. The van der Waals surface area contributed by atoms with Crippen molar-refractivity contribution in [1.29, 1.82) is 0 Å². The summed E-state index contributed by atoms with van der Waals surface area (Å²) in [6, 6.07) is 6.72. The summed E-state index contributed by atoms with van der Waals surface area (Å²) in [6.07, 6.45) is 3.50. The number of aromatic nitrogens is 2. The van der Waals surface area contributed by atoms with E-state index in [4.69, 9.17) is 0 Å². The first-order valence-electron chi connectivity index (χ1n) is 6.53. The molecule has 1 aliphatic heterocycles. The molecule has 6 heteroatoms. The number of rotatable bonds is 3. The van der Waals surface area contributed by atoms with Gasteiger partial charge in [0.1, 0.15) is 5.82 Å². The molecule has 0 radical (unpaired) electrons. The molecule has 1 aromatic heterocycles. The van der Waals surface area contributed by atoms with Crippen LogP contribution in [0.5, 0.6) is 0 Å². The van der Waals surface area contributed by atoms with Gasteiger partial charge in [0.25, 0.3) is 0 Å². The van der Waals surface area contributed by atoms with Crippen molar-refractivity contribution in [3.05, 3.63) is 42.5 Å². The first-order valence-corrected chi connectivity index (χ1v) is 7.35. The highest BCUT2D eigenvalue weighted by atomic mass is 32.2. The van der Waals surface area contributed by atoms with Crippen molar-refractivity contribution in [2.75, 3.05) is 31.1 Å². The second-order valence-corrected chi connectivity index (χ2v) is 5.60. The summed E-state index contributed by atoms with van der Waals surface area (Å²) in [6.45, 7) is 3.74. The second-order valence-electron chi connectivity index (χ2n) is 4.49. The average Bonchev–Trinajstić information content (AvgIpc) is 2.51. The molecular weight excluding hydrogens is 275 g/mol. The number of halogens is 1. The number of benzene rings is 1. The Morgan fingerprint density at radius 1 is 1.10 bits per heavy atom. The van der Waals surface area contributed by atoms with E-state index in [1.807, 2.05) is 6.07 Å². The van der Waals surface area contributed by atoms with E-state index in [0.717, 1.165) is 37.0 Å². The first kappa shape index (κ1) is 13.3. The van der Waals surface area contributed by atoms with Gasteiger partial charge in [0, 0.05) is 48.4 Å². The van der Waals surface area contributed by atoms with Crippen LogP contribution in [0, 0.1) is 5.82 Å². The molecule has 2 aromatic rings. The van der Waals surface area contributed by atoms with E-state index in [0.29, 0.717) is 4.90 Å². The monoisotopic (exact) mass is 290 g/mol. The van der Waals surface area contributed by atoms with Gasteiger partial charge in [-0.2, -0.15) is 0 Å². The van der Waals surface area contributed by atoms with Crippen LogP contribution in [0.1, 0.15) is 0 Å². The molecule has 0 atom stereocenters. The summed E-state index contributed by atoms with van der Waals surface area (Å²) in [5.74, 6) is 0.521. The predicted octanol–water partition coefficient (Wildman–Crippen LogP) is 2.18. The number of hydrogen-bond acceptors (Lipinski definition) is 5. The summed E-state index contributed by atoms with van der Waals surface area (Å²) >= 11 is 1.34. The van der Waals surface area contributed by atoms with E-state index in [1.54, 1.807) is 24.5 Å². The van der Waals surface area contributed by atoms with Crippen molar-refractivity contribution in [3.8, 4) is 0 Å². The fourth-order valence-corrected chi connectivity index (χ4v) is 2.82. The molecule has 1 N–H and O–H groups in total. The molecule has 1 saturated heterocycles. The zero-order valence-corrected chi connectivity index (χ0v) is 11.7. The van der Waals surface area contributed by atoms with E-state index >= 15 is 0 Å². The molecule has 0 unspecified atom stereocenters. The van der Waals surface area contributed by atoms with Gasteiger partial charge in [0.2, 0.25) is 5.95 Å². The van der Waals surface area contributed by atoms with Gasteiger partial charge in [-0.1, -0.05) is 23.9 Å². The Morgan fingerprint density at radius 3 is 2.50 bits per heavy atom. The Hall–Kier alpha value is -1.66. The molecular formula is C14H15FN4S. The van der Waals surface area contributed by atoms with Crippen LogP contribution in [0.4, 0.5) is 10.3 Å². The maximum atomic E-state index is 13.6. The third-order valence-electron chi connectivity index (χ3n) is 3.08. The molecule has 0 saturated carbocycles. The molecule has 1 fully saturated rings. The lowest BCUT2D eigenvalue weighted by molar-refractivity contribution is 0.579. The lowest BCUT2D eigenvalue weighted by Gasteiger charge is -2.27. The quantitative estimate of drug-likeness (QED) is 0.938. The van der Waals surface area contributed by atoms with Crippen molar-refractivity contribution in [2.24, 2.45) is 0 Å². The van der Waals surface area contributed by atoms with Gasteiger partial charge in [-0.3, -0.25) is 0 Å². The summed E-state index contributed by atoms with van der Waals surface area (Å²) in [4.78, 5) is 12.3. The number of nitrogens with one attached hydrogen (secondary N) is 1. The summed E-state index contributed by atoms with van der Waals surface area (Å²) in [5, 5.41) is 3.29. The van der Waals surface area contributed by atoms with Gasteiger partial charge in [-0.05, 0) is 12.1 Å². The van der Waals surface area contributed by atoms with E-state index in [-0.39, 0.29) is 5.82 Å². The van der Waals surface area contributed by atoms with Crippen molar-refractivity contribution < 1.29 is 4.39 Å². The molecule has 0 aliphatic carbocycles. The normalized spacial score (nSPS) is 15.3. The van der Waals surface area contributed by atoms with Crippen molar-refractivity contribution in [1.82, 2.24) is 15.3 Å². The fourth-order valence-electron chi connectivity index (χ4n) is 2.04. The maximum absolute atomic E-state index is 13.6. The molecule has 0 bridgehead atoms. The van der Waals surface area contributed by atoms with Crippen LogP contribution < -0.4 is 10.2 Å². The van der Waals surface area contributed by atoms with E-state index in [2.05, 4.69) is 20.2 Å². The highest BCUT2D eigenvalue weighted by Crippen LogP contribution is 2.29. The van der Waals surface area contributed by atoms with Crippen molar-refractivity contribution >= 4 is 17.7 Å². The zero-order valence-electron chi connectivity index (χ0n) is 10.9. The summed E-state index contributed by atoms with van der Waals surface area (Å²) < 4.78 is 13.6. The lowest BCUT2D eigenvalue weighted by atomic mass is 10.3. The summed E-state index contributed by atoms with van der Waals surface area (Å²) in [7, 11) is 0. The standard InChI is InChI=1S/C14H15FN4S/c15-12-3-1-2-4-13(12)20-11-9-17-14(18-10-11)19-7-5-16-6-8-19/h1-4,9-10,16H,5-8H2. The van der Waals surface area contributed by atoms with Gasteiger partial charge >= 0.3 is 0 Å². The number of hydrogen-bond donors (Lipinski definition) is 1. The highest BCUT2D eigenvalue weighted by molar-refractivity contribution is 7.99. The van der Waals surface area contributed by atoms with Crippen LogP contribution in [0.15, 0.2) is 46.5 Å². The predicted molar refractivity (Wildman–Crippen MR) is 77.6 cm³/mol. The third-order valence-corrected chi connectivity index (χ3v) is 4.08. The Morgan fingerprint density at radius 2 is 1.80 bits per heavy atom. The van der Waals surface area contributed by atoms with Gasteiger partial charge < -0.3 is 10.2 Å². The third kappa shape index (κ3) is 3.08. The van der Waals surface area contributed by atoms with Crippen LogP contribution in [0.3, 0.4) is 0 Å². The smallest absolute Gasteiger partial charge is 0.225 e. The van der Waals surface area contributed by atoms with Gasteiger partial charge in [0.05, 0.1) is 0 Å². The SMILES string of the molecule is Fc1ccccc1Sc1cnc(N2CCNCC2)nc1. The Bertz CT molecular complexity index is 570. The molecule has 3 rings (SSSR count). The van der Waals surface area contributed by atoms with Gasteiger partial charge in [-0.25, -0.2) is 14.4 Å². The largest absolute Gasteiger partial charge is 0.338 e. The van der Waals surface area contributed by atoms with E-state index in [1.165, 1.54) is 17.8 Å². The minimum atomic E-state index is -0.219. The minimum absolute atomic E-state index is 0.219. The highest BCUT2D eigenvalue weighted by Gasteiger charge is 2.13. The molecule has 0 spiro atoms. The van der Waals surface area contributed by atoms with E-state index < -0.39 is 0 Å². The van der Waals surface area contributed by atoms with Crippen LogP contribution in [-0.4, -0.2) is 36.1 Å². The van der Waals surface area contributed by atoms with Gasteiger partial charge in [0.15, 0.2) is 0 Å². The second kappa shape index (κ2) is 6.19. The zero-order chi connectivity index (χ0) is 13.8. The molecule has 1 aromatic carbocycles. The molecule has 20 heavy (non-hydrogen) atoms. The number of anilines is 1. The minimum Gasteiger partial charge on any atom is -0.338 e. The average molecular weight is 290 g/mol. The molecule has 1 aliphatic rings. The molecule has 4 nitrogen and oxygen atoms in total. The molecule has 104 valence electrons. The van der Waals surface area contributed by atoms with Crippen LogP contribution in [0.2, 0.25) is 0 Å². The Labute approximate surface area is 121 Å². The Balaban J connectivity index is 1.71. The topological polar surface area (TPSA) is 41.1 Å². The molecule has 0 amide bonds. The van der Waals surface area contributed by atoms with Crippen LogP contribution >= 0.6 is 11.8 Å². The molecule has 2 heterocycles. The Kier molecular flexibility index (Phi) is 4.13. The lowest BCUT2D eigenvalue weighted by Crippen LogP contribution is -2.44.